The summed E-state index contributed by atoms with van der Waals surface area (Å²) in [7, 11) is 2.09. The van der Waals surface area contributed by atoms with Gasteiger partial charge in [-0.15, -0.1) is 11.3 Å². The van der Waals surface area contributed by atoms with Crippen molar-refractivity contribution in [2.75, 3.05) is 7.05 Å². The second-order valence-electron chi connectivity index (χ2n) is 4.07. The van der Waals surface area contributed by atoms with Crippen LogP contribution in [0.3, 0.4) is 0 Å². The summed E-state index contributed by atoms with van der Waals surface area (Å²) in [4.78, 5) is 4.37. The highest BCUT2D eigenvalue weighted by Gasteiger charge is 2.24. The Hall–Kier alpha value is -0.410. The predicted octanol–water partition coefficient (Wildman–Crippen LogP) is 2.46. The van der Waals surface area contributed by atoms with Crippen molar-refractivity contribution >= 4 is 11.3 Å². The van der Waals surface area contributed by atoms with E-state index in [0.29, 0.717) is 6.04 Å². The Bertz CT molecular complexity index is 258. The minimum Gasteiger partial charge on any atom is -0.317 e. The molecule has 0 bridgehead atoms. The van der Waals surface area contributed by atoms with Gasteiger partial charge in [-0.25, -0.2) is 4.98 Å². The van der Waals surface area contributed by atoms with Gasteiger partial charge in [-0.1, -0.05) is 12.8 Å². The Morgan fingerprint density at radius 3 is 3.07 bits per heavy atom. The van der Waals surface area contributed by atoms with E-state index in [1.807, 2.05) is 6.20 Å². The van der Waals surface area contributed by atoms with E-state index in [0.717, 1.165) is 5.92 Å². The average molecular weight is 210 g/mol. The highest BCUT2D eigenvalue weighted by atomic mass is 32.1. The van der Waals surface area contributed by atoms with Gasteiger partial charge in [0.1, 0.15) is 0 Å². The lowest BCUT2D eigenvalue weighted by atomic mass is 9.83. The SMILES string of the molecule is CNC1CCCCC1Cc1nccs1. The topological polar surface area (TPSA) is 24.9 Å². The first-order chi connectivity index (χ1) is 6.90. The molecular formula is C11H18N2S. The molecule has 2 nitrogen and oxygen atoms in total. The Kier molecular flexibility index (Phi) is 3.54. The normalized spacial score (nSPS) is 27.8. The second kappa shape index (κ2) is 4.89. The zero-order valence-electron chi connectivity index (χ0n) is 8.70. The summed E-state index contributed by atoms with van der Waals surface area (Å²) in [5.74, 6) is 0.805. The molecule has 1 heterocycles. The highest BCUT2D eigenvalue weighted by molar-refractivity contribution is 7.09. The van der Waals surface area contributed by atoms with Crippen LogP contribution in [-0.2, 0) is 6.42 Å². The van der Waals surface area contributed by atoms with Crippen LogP contribution in [-0.4, -0.2) is 18.1 Å². The average Bonchev–Trinajstić information content (AvgIpc) is 2.71. The fourth-order valence-corrected chi connectivity index (χ4v) is 3.12. The van der Waals surface area contributed by atoms with Gasteiger partial charge in [0.2, 0.25) is 0 Å². The maximum atomic E-state index is 4.37. The molecule has 1 saturated carbocycles. The lowest BCUT2D eigenvalue weighted by Gasteiger charge is -2.30. The van der Waals surface area contributed by atoms with Crippen molar-refractivity contribution in [1.82, 2.24) is 10.3 Å². The van der Waals surface area contributed by atoms with Crippen molar-refractivity contribution in [3.05, 3.63) is 16.6 Å². The molecule has 1 aliphatic carbocycles. The molecule has 2 atom stereocenters. The molecule has 0 aliphatic heterocycles. The van der Waals surface area contributed by atoms with E-state index < -0.39 is 0 Å². The van der Waals surface area contributed by atoms with Crippen molar-refractivity contribution in [2.45, 2.75) is 38.1 Å². The fourth-order valence-electron chi connectivity index (χ4n) is 2.41. The van der Waals surface area contributed by atoms with Crippen molar-refractivity contribution in [2.24, 2.45) is 5.92 Å². The molecule has 3 heteroatoms. The number of nitrogens with one attached hydrogen (secondary N) is 1. The van der Waals surface area contributed by atoms with Crippen LogP contribution in [0, 0.1) is 5.92 Å². The van der Waals surface area contributed by atoms with Crippen LogP contribution >= 0.6 is 11.3 Å². The lowest BCUT2D eigenvalue weighted by molar-refractivity contribution is 0.272. The quantitative estimate of drug-likeness (QED) is 0.829. The van der Waals surface area contributed by atoms with Crippen molar-refractivity contribution in [3.8, 4) is 0 Å². The van der Waals surface area contributed by atoms with E-state index in [1.54, 1.807) is 11.3 Å². The van der Waals surface area contributed by atoms with Gasteiger partial charge in [-0.2, -0.15) is 0 Å². The van der Waals surface area contributed by atoms with E-state index in [9.17, 15) is 0 Å². The van der Waals surface area contributed by atoms with E-state index in [4.69, 9.17) is 0 Å². The molecule has 1 aromatic heterocycles. The van der Waals surface area contributed by atoms with Crippen molar-refractivity contribution < 1.29 is 0 Å². The first-order valence-electron chi connectivity index (χ1n) is 5.46. The molecule has 0 saturated heterocycles. The smallest absolute Gasteiger partial charge is 0.0928 e. The Morgan fingerprint density at radius 2 is 2.36 bits per heavy atom. The number of aromatic nitrogens is 1. The molecule has 14 heavy (non-hydrogen) atoms. The zero-order chi connectivity index (χ0) is 9.80. The molecule has 1 N–H and O–H groups in total. The summed E-state index contributed by atoms with van der Waals surface area (Å²) in [6.45, 7) is 0. The molecule has 2 unspecified atom stereocenters. The lowest BCUT2D eigenvalue weighted by Crippen LogP contribution is -2.37. The largest absolute Gasteiger partial charge is 0.317 e. The van der Waals surface area contributed by atoms with Crippen molar-refractivity contribution in [3.63, 3.8) is 0 Å². The van der Waals surface area contributed by atoms with Gasteiger partial charge in [0, 0.05) is 24.0 Å². The Balaban J connectivity index is 1.94. The van der Waals surface area contributed by atoms with Crippen LogP contribution < -0.4 is 5.32 Å². The minimum absolute atomic E-state index is 0.715. The second-order valence-corrected chi connectivity index (χ2v) is 5.05. The Morgan fingerprint density at radius 1 is 1.50 bits per heavy atom. The maximum absolute atomic E-state index is 4.37. The van der Waals surface area contributed by atoms with Gasteiger partial charge in [-0.05, 0) is 25.8 Å². The monoisotopic (exact) mass is 210 g/mol. The molecule has 0 radical (unpaired) electrons. The van der Waals surface area contributed by atoms with Crippen LogP contribution in [0.2, 0.25) is 0 Å². The van der Waals surface area contributed by atoms with Gasteiger partial charge in [-0.3, -0.25) is 0 Å². The van der Waals surface area contributed by atoms with Gasteiger partial charge >= 0.3 is 0 Å². The van der Waals surface area contributed by atoms with E-state index in [-0.39, 0.29) is 0 Å². The molecule has 1 aliphatic rings. The van der Waals surface area contributed by atoms with Crippen LogP contribution in [0.1, 0.15) is 30.7 Å². The van der Waals surface area contributed by atoms with E-state index in [1.165, 1.54) is 37.1 Å². The van der Waals surface area contributed by atoms with Crippen molar-refractivity contribution in [1.29, 1.82) is 0 Å². The third-order valence-electron chi connectivity index (χ3n) is 3.20. The van der Waals surface area contributed by atoms with Crippen LogP contribution in [0.5, 0.6) is 0 Å². The third-order valence-corrected chi connectivity index (χ3v) is 4.00. The molecule has 1 fully saturated rings. The fraction of sp³-hybridized carbons (Fsp3) is 0.727. The first kappa shape index (κ1) is 10.1. The molecule has 0 amide bonds. The van der Waals surface area contributed by atoms with Crippen LogP contribution in [0.25, 0.3) is 0 Å². The standard InChI is InChI=1S/C11H18N2S/c1-12-10-5-3-2-4-9(10)8-11-13-6-7-14-11/h6-7,9-10,12H,2-5,8H2,1H3. The molecule has 1 aromatic rings. The molecule has 0 aromatic carbocycles. The molecule has 2 rings (SSSR count). The minimum atomic E-state index is 0.715. The Labute approximate surface area is 89.8 Å². The van der Waals surface area contributed by atoms with E-state index >= 15 is 0 Å². The highest BCUT2D eigenvalue weighted by Crippen LogP contribution is 2.27. The van der Waals surface area contributed by atoms with Gasteiger partial charge < -0.3 is 5.32 Å². The predicted molar refractivity (Wildman–Crippen MR) is 60.6 cm³/mol. The number of hydrogen-bond donors (Lipinski definition) is 1. The third kappa shape index (κ3) is 2.34. The number of rotatable bonds is 3. The maximum Gasteiger partial charge on any atom is 0.0928 e. The van der Waals surface area contributed by atoms with Crippen LogP contribution in [0.4, 0.5) is 0 Å². The first-order valence-corrected chi connectivity index (χ1v) is 6.33. The summed E-state index contributed by atoms with van der Waals surface area (Å²) in [6, 6.07) is 0.715. The van der Waals surface area contributed by atoms with Gasteiger partial charge in [0.15, 0.2) is 0 Å². The molecule has 78 valence electrons. The van der Waals surface area contributed by atoms with Gasteiger partial charge in [0.25, 0.3) is 0 Å². The summed E-state index contributed by atoms with van der Waals surface area (Å²) in [5.41, 5.74) is 0. The molecular weight excluding hydrogens is 192 g/mol. The summed E-state index contributed by atoms with van der Waals surface area (Å²) in [5, 5.41) is 6.82. The van der Waals surface area contributed by atoms with Gasteiger partial charge in [0.05, 0.1) is 5.01 Å². The number of thiazole rings is 1. The summed E-state index contributed by atoms with van der Waals surface area (Å²) in [6.07, 6.45) is 8.58. The summed E-state index contributed by atoms with van der Waals surface area (Å²) < 4.78 is 0. The van der Waals surface area contributed by atoms with E-state index in [2.05, 4.69) is 22.7 Å². The van der Waals surface area contributed by atoms with Crippen LogP contribution in [0.15, 0.2) is 11.6 Å². The number of nitrogens with zero attached hydrogens (tertiary/aromatic N) is 1. The zero-order valence-corrected chi connectivity index (χ0v) is 9.52. The molecule has 0 spiro atoms. The summed E-state index contributed by atoms with van der Waals surface area (Å²) >= 11 is 1.79. The number of hydrogen-bond acceptors (Lipinski definition) is 3.